The largest absolute Gasteiger partial charge is 0.396 e. The number of rotatable bonds is 3. The molecule has 1 atom stereocenters. The van der Waals surface area contributed by atoms with Crippen molar-refractivity contribution >= 4 is 38.2 Å². The third-order valence-electron chi connectivity index (χ3n) is 4.05. The fraction of sp³-hybridized carbons (Fsp3) is 0.400. The van der Waals surface area contributed by atoms with Gasteiger partial charge in [-0.25, -0.2) is 0 Å². The molecule has 5 heteroatoms. The highest BCUT2D eigenvalue weighted by Crippen LogP contribution is 2.30. The van der Waals surface area contributed by atoms with Crippen molar-refractivity contribution in [1.29, 1.82) is 0 Å². The maximum Gasteiger partial charge on any atom is 0.0743 e. The van der Waals surface area contributed by atoms with Gasteiger partial charge in [0.1, 0.15) is 0 Å². The summed E-state index contributed by atoms with van der Waals surface area (Å²) in [7, 11) is 2.18. The number of nitrogens with two attached hydrogens (primary N) is 1. The predicted molar refractivity (Wildman–Crippen MR) is 88.0 cm³/mol. The number of nitrogens with zero attached hydrogens (tertiary/aromatic N) is 2. The molecule has 0 radical (unpaired) electrons. The number of nitrogen functional groups attached to an aromatic ring is 1. The van der Waals surface area contributed by atoms with E-state index >= 15 is 0 Å². The van der Waals surface area contributed by atoms with Crippen LogP contribution in [0.3, 0.4) is 0 Å². The van der Waals surface area contributed by atoms with Crippen molar-refractivity contribution in [3.63, 3.8) is 0 Å². The molecular formula is C15H19BrN4. The standard InChI is InChI=1S/C15H19BrN4/c1-20-6-2-3-11(20)8-19-15-12-7-10(16)4-5-14(12)18-9-13(15)17/h4-5,7,9,11H,2-3,6,8,17H2,1H3,(H,18,19). The summed E-state index contributed by atoms with van der Waals surface area (Å²) in [5.41, 5.74) is 8.77. The fourth-order valence-corrected chi connectivity index (χ4v) is 3.20. The average molecular weight is 335 g/mol. The van der Waals surface area contributed by atoms with Crippen LogP contribution in [0.15, 0.2) is 28.9 Å². The van der Waals surface area contributed by atoms with Crippen molar-refractivity contribution in [2.24, 2.45) is 0 Å². The first-order chi connectivity index (χ1) is 9.65. The summed E-state index contributed by atoms with van der Waals surface area (Å²) in [5, 5.41) is 4.60. The number of likely N-dealkylation sites (tertiary alicyclic amines) is 1. The third-order valence-corrected chi connectivity index (χ3v) is 4.54. The molecule has 1 aliphatic rings. The molecule has 3 rings (SSSR count). The lowest BCUT2D eigenvalue weighted by Crippen LogP contribution is -2.31. The summed E-state index contributed by atoms with van der Waals surface area (Å²) >= 11 is 3.51. The van der Waals surface area contributed by atoms with Crippen molar-refractivity contribution in [2.45, 2.75) is 18.9 Å². The van der Waals surface area contributed by atoms with Crippen LogP contribution in [0.25, 0.3) is 10.9 Å². The number of hydrogen-bond donors (Lipinski definition) is 2. The van der Waals surface area contributed by atoms with Gasteiger partial charge in [0.2, 0.25) is 0 Å². The highest BCUT2D eigenvalue weighted by Gasteiger charge is 2.20. The van der Waals surface area contributed by atoms with Gasteiger partial charge in [-0.2, -0.15) is 0 Å². The normalized spacial score (nSPS) is 19.6. The zero-order chi connectivity index (χ0) is 14.1. The molecule has 3 N–H and O–H groups in total. The van der Waals surface area contributed by atoms with Gasteiger partial charge in [-0.05, 0) is 44.6 Å². The average Bonchev–Trinajstić information content (AvgIpc) is 2.83. The summed E-state index contributed by atoms with van der Waals surface area (Å²) in [6.07, 6.45) is 4.26. The van der Waals surface area contributed by atoms with E-state index in [9.17, 15) is 0 Å². The van der Waals surface area contributed by atoms with Gasteiger partial charge >= 0.3 is 0 Å². The lowest BCUT2D eigenvalue weighted by Gasteiger charge is -2.21. The Balaban J connectivity index is 1.89. The van der Waals surface area contributed by atoms with Gasteiger partial charge in [-0.1, -0.05) is 15.9 Å². The zero-order valence-electron chi connectivity index (χ0n) is 11.6. The molecule has 4 nitrogen and oxygen atoms in total. The van der Waals surface area contributed by atoms with Crippen LogP contribution in [-0.2, 0) is 0 Å². The molecule has 0 amide bonds. The molecule has 1 aliphatic heterocycles. The van der Waals surface area contributed by atoms with Crippen molar-refractivity contribution in [2.75, 3.05) is 31.2 Å². The molecule has 0 spiro atoms. The number of halogens is 1. The maximum absolute atomic E-state index is 6.10. The highest BCUT2D eigenvalue weighted by molar-refractivity contribution is 9.10. The predicted octanol–water partition coefficient (Wildman–Crippen LogP) is 3.09. The molecule has 20 heavy (non-hydrogen) atoms. The van der Waals surface area contributed by atoms with Gasteiger partial charge < -0.3 is 16.0 Å². The number of anilines is 2. The molecular weight excluding hydrogens is 316 g/mol. The number of nitrogens with one attached hydrogen (secondary N) is 1. The number of likely N-dealkylation sites (N-methyl/N-ethyl adjacent to an activating group) is 1. The minimum atomic E-state index is 0.588. The van der Waals surface area contributed by atoms with Crippen LogP contribution in [-0.4, -0.2) is 36.1 Å². The molecule has 2 heterocycles. The summed E-state index contributed by atoms with van der Waals surface area (Å²) < 4.78 is 1.04. The Kier molecular flexibility index (Phi) is 3.81. The Hall–Kier alpha value is -1.33. The Morgan fingerprint density at radius 3 is 3.10 bits per heavy atom. The van der Waals surface area contributed by atoms with Gasteiger partial charge in [0.15, 0.2) is 0 Å². The Morgan fingerprint density at radius 1 is 1.50 bits per heavy atom. The summed E-state index contributed by atoms with van der Waals surface area (Å²) in [4.78, 5) is 6.79. The van der Waals surface area contributed by atoms with E-state index < -0.39 is 0 Å². The molecule has 1 saturated heterocycles. The van der Waals surface area contributed by atoms with Gasteiger partial charge in [-0.15, -0.1) is 0 Å². The molecule has 1 unspecified atom stereocenters. The van der Waals surface area contributed by atoms with Gasteiger partial charge in [0.05, 0.1) is 23.1 Å². The Morgan fingerprint density at radius 2 is 2.35 bits per heavy atom. The number of pyridine rings is 1. The van der Waals surface area contributed by atoms with Crippen LogP contribution in [0.5, 0.6) is 0 Å². The lowest BCUT2D eigenvalue weighted by molar-refractivity contribution is 0.322. The second kappa shape index (κ2) is 5.58. The first-order valence-electron chi connectivity index (χ1n) is 6.93. The quantitative estimate of drug-likeness (QED) is 0.905. The third kappa shape index (κ3) is 2.60. The minimum absolute atomic E-state index is 0.588. The maximum atomic E-state index is 6.10. The lowest BCUT2D eigenvalue weighted by atomic mass is 10.1. The van der Waals surface area contributed by atoms with Crippen molar-refractivity contribution in [1.82, 2.24) is 9.88 Å². The van der Waals surface area contributed by atoms with Crippen molar-refractivity contribution in [3.05, 3.63) is 28.9 Å². The zero-order valence-corrected chi connectivity index (χ0v) is 13.2. The molecule has 0 aliphatic carbocycles. The van der Waals surface area contributed by atoms with E-state index in [0.29, 0.717) is 11.7 Å². The van der Waals surface area contributed by atoms with Crippen LogP contribution >= 0.6 is 15.9 Å². The van der Waals surface area contributed by atoms with Crippen LogP contribution < -0.4 is 11.1 Å². The SMILES string of the molecule is CN1CCCC1CNc1c(N)cnc2ccc(Br)cc12. The van der Waals surface area contributed by atoms with Crippen LogP contribution in [0.4, 0.5) is 11.4 Å². The van der Waals surface area contributed by atoms with Crippen LogP contribution in [0.1, 0.15) is 12.8 Å². The summed E-state index contributed by atoms with van der Waals surface area (Å²) in [5.74, 6) is 0. The number of aromatic nitrogens is 1. The fourth-order valence-electron chi connectivity index (χ4n) is 2.83. The van der Waals surface area contributed by atoms with Gasteiger partial charge in [-0.3, -0.25) is 4.98 Å². The summed E-state index contributed by atoms with van der Waals surface area (Å²) in [6.45, 7) is 2.11. The minimum Gasteiger partial charge on any atom is -0.396 e. The van der Waals surface area contributed by atoms with Gasteiger partial charge in [0, 0.05) is 22.4 Å². The first kappa shape index (κ1) is 13.6. The van der Waals surface area contributed by atoms with Crippen molar-refractivity contribution < 1.29 is 0 Å². The van der Waals surface area contributed by atoms with Crippen molar-refractivity contribution in [3.8, 4) is 0 Å². The molecule has 1 fully saturated rings. The highest BCUT2D eigenvalue weighted by atomic mass is 79.9. The summed E-state index contributed by atoms with van der Waals surface area (Å²) in [6, 6.07) is 6.66. The topological polar surface area (TPSA) is 54.2 Å². The second-order valence-corrected chi connectivity index (χ2v) is 6.32. The van der Waals surface area contributed by atoms with Crippen LogP contribution in [0.2, 0.25) is 0 Å². The Labute approximate surface area is 127 Å². The second-order valence-electron chi connectivity index (χ2n) is 5.41. The first-order valence-corrected chi connectivity index (χ1v) is 7.72. The number of hydrogen-bond acceptors (Lipinski definition) is 4. The van der Waals surface area contributed by atoms with E-state index in [4.69, 9.17) is 5.73 Å². The monoisotopic (exact) mass is 334 g/mol. The van der Waals surface area contributed by atoms with E-state index in [1.807, 2.05) is 12.1 Å². The molecule has 0 saturated carbocycles. The van der Waals surface area contributed by atoms with E-state index in [-0.39, 0.29) is 0 Å². The van der Waals surface area contributed by atoms with E-state index in [2.05, 4.69) is 44.2 Å². The number of benzene rings is 1. The molecule has 2 aromatic rings. The van der Waals surface area contributed by atoms with Crippen LogP contribution in [0, 0.1) is 0 Å². The van der Waals surface area contributed by atoms with E-state index in [1.54, 1.807) is 6.20 Å². The Bertz CT molecular complexity index is 623. The van der Waals surface area contributed by atoms with E-state index in [0.717, 1.165) is 27.6 Å². The molecule has 0 bridgehead atoms. The molecule has 106 valence electrons. The van der Waals surface area contributed by atoms with Gasteiger partial charge in [0.25, 0.3) is 0 Å². The number of fused-ring (bicyclic) bond motifs is 1. The molecule has 1 aromatic carbocycles. The smallest absolute Gasteiger partial charge is 0.0743 e. The molecule has 1 aromatic heterocycles. The van der Waals surface area contributed by atoms with E-state index in [1.165, 1.54) is 19.4 Å².